The van der Waals surface area contributed by atoms with E-state index in [4.69, 9.17) is 11.6 Å². The fourth-order valence-corrected chi connectivity index (χ4v) is 2.45. The predicted octanol–water partition coefficient (Wildman–Crippen LogP) is 3.23. The van der Waals surface area contributed by atoms with Crippen molar-refractivity contribution in [1.29, 1.82) is 0 Å². The second-order valence-corrected chi connectivity index (χ2v) is 4.91. The number of hydrogen-bond donors (Lipinski definition) is 0. The lowest BCUT2D eigenvalue weighted by Crippen LogP contribution is -2.26. The molecule has 1 fully saturated rings. The molecule has 1 aromatic carbocycles. The van der Waals surface area contributed by atoms with Gasteiger partial charge in [0, 0.05) is 18.7 Å². The minimum atomic E-state index is -0.431. The van der Waals surface area contributed by atoms with Gasteiger partial charge in [-0.05, 0) is 37.9 Å². The normalized spacial score (nSPS) is 20.7. The number of nitro benzene ring substituents is 1. The molecule has 0 aromatic heterocycles. The molecule has 0 spiro atoms. The molecule has 0 saturated carbocycles. The number of rotatable bonds is 3. The lowest BCUT2D eigenvalue weighted by atomic mass is 10.1. The highest BCUT2D eigenvalue weighted by atomic mass is 35.5. The summed E-state index contributed by atoms with van der Waals surface area (Å²) in [4.78, 5) is 12.7. The summed E-state index contributed by atoms with van der Waals surface area (Å²) in [7, 11) is 0. The van der Waals surface area contributed by atoms with Crippen molar-refractivity contribution < 1.29 is 4.92 Å². The quantitative estimate of drug-likeness (QED) is 0.615. The van der Waals surface area contributed by atoms with Crippen molar-refractivity contribution in [2.24, 2.45) is 0 Å². The van der Waals surface area contributed by atoms with Crippen molar-refractivity contribution in [1.82, 2.24) is 4.90 Å². The Bertz CT molecular complexity index is 437. The second kappa shape index (κ2) is 5.02. The van der Waals surface area contributed by atoms with Crippen LogP contribution in [0.5, 0.6) is 0 Å². The largest absolute Gasteiger partial charge is 0.296 e. The summed E-state index contributed by atoms with van der Waals surface area (Å²) in [5, 5.41) is 11.0. The summed E-state index contributed by atoms with van der Waals surface area (Å²) >= 11 is 5.78. The van der Waals surface area contributed by atoms with E-state index >= 15 is 0 Å². The van der Waals surface area contributed by atoms with Gasteiger partial charge in [-0.25, -0.2) is 0 Å². The smallest absolute Gasteiger partial charge is 0.288 e. The molecule has 0 amide bonds. The fraction of sp³-hybridized carbons (Fsp3) is 0.500. The Labute approximate surface area is 105 Å². The Morgan fingerprint density at radius 2 is 2.35 bits per heavy atom. The van der Waals surface area contributed by atoms with Crippen LogP contribution < -0.4 is 0 Å². The van der Waals surface area contributed by atoms with Gasteiger partial charge in [0.05, 0.1) is 4.92 Å². The van der Waals surface area contributed by atoms with Crippen LogP contribution in [-0.2, 0) is 6.54 Å². The van der Waals surface area contributed by atoms with Crippen LogP contribution in [0, 0.1) is 10.1 Å². The zero-order chi connectivity index (χ0) is 12.4. The number of nitro groups is 1. The van der Waals surface area contributed by atoms with Crippen LogP contribution in [0.1, 0.15) is 25.3 Å². The highest BCUT2D eigenvalue weighted by molar-refractivity contribution is 6.32. The fourth-order valence-electron chi connectivity index (χ4n) is 2.26. The number of hydrogen-bond acceptors (Lipinski definition) is 3. The molecule has 1 heterocycles. The van der Waals surface area contributed by atoms with Crippen molar-refractivity contribution in [3.05, 3.63) is 38.9 Å². The topological polar surface area (TPSA) is 46.4 Å². The van der Waals surface area contributed by atoms with Gasteiger partial charge in [-0.2, -0.15) is 0 Å². The maximum atomic E-state index is 10.8. The molecule has 1 unspecified atom stereocenters. The zero-order valence-electron chi connectivity index (χ0n) is 9.73. The van der Waals surface area contributed by atoms with Crippen LogP contribution in [-0.4, -0.2) is 22.4 Å². The molecular weight excluding hydrogens is 240 g/mol. The van der Waals surface area contributed by atoms with E-state index in [1.807, 2.05) is 6.07 Å². The first-order valence-corrected chi connectivity index (χ1v) is 6.12. The molecule has 1 aromatic rings. The Hall–Kier alpha value is -1.13. The summed E-state index contributed by atoms with van der Waals surface area (Å²) in [6.07, 6.45) is 2.41. The van der Waals surface area contributed by atoms with E-state index in [0.717, 1.165) is 18.7 Å². The van der Waals surface area contributed by atoms with Gasteiger partial charge < -0.3 is 0 Å². The second-order valence-electron chi connectivity index (χ2n) is 4.50. The minimum Gasteiger partial charge on any atom is -0.296 e. The molecular formula is C12H15ClN2O2. The van der Waals surface area contributed by atoms with Gasteiger partial charge in [-0.1, -0.05) is 17.7 Å². The molecule has 1 aliphatic heterocycles. The third kappa shape index (κ3) is 2.76. The van der Waals surface area contributed by atoms with E-state index in [1.165, 1.54) is 12.8 Å². The number of benzene rings is 1. The van der Waals surface area contributed by atoms with Crippen molar-refractivity contribution in [3.8, 4) is 0 Å². The molecule has 0 radical (unpaired) electrons. The number of likely N-dealkylation sites (tertiary alicyclic amines) is 1. The summed E-state index contributed by atoms with van der Waals surface area (Å²) in [5.74, 6) is 0. The van der Waals surface area contributed by atoms with Gasteiger partial charge in [0.15, 0.2) is 0 Å². The van der Waals surface area contributed by atoms with E-state index in [0.29, 0.717) is 6.04 Å². The first-order chi connectivity index (χ1) is 8.08. The molecule has 5 heteroatoms. The number of nitrogens with zero attached hydrogens (tertiary/aromatic N) is 2. The first-order valence-electron chi connectivity index (χ1n) is 5.75. The molecule has 2 rings (SSSR count). The maximum absolute atomic E-state index is 10.8. The summed E-state index contributed by atoms with van der Waals surface area (Å²) in [6.45, 7) is 4.02. The average Bonchev–Trinajstić information content (AvgIpc) is 2.67. The Morgan fingerprint density at radius 3 is 2.94 bits per heavy atom. The Morgan fingerprint density at radius 1 is 1.59 bits per heavy atom. The van der Waals surface area contributed by atoms with E-state index in [1.54, 1.807) is 12.1 Å². The van der Waals surface area contributed by atoms with Crippen molar-refractivity contribution in [3.63, 3.8) is 0 Å². The van der Waals surface area contributed by atoms with Crippen LogP contribution in [0.15, 0.2) is 18.2 Å². The maximum Gasteiger partial charge on any atom is 0.288 e. The molecule has 17 heavy (non-hydrogen) atoms. The third-order valence-corrected chi connectivity index (χ3v) is 3.60. The lowest BCUT2D eigenvalue weighted by molar-refractivity contribution is -0.384. The third-order valence-electron chi connectivity index (χ3n) is 3.28. The van der Waals surface area contributed by atoms with Gasteiger partial charge in [-0.15, -0.1) is 0 Å². The highest BCUT2D eigenvalue weighted by Crippen LogP contribution is 2.27. The monoisotopic (exact) mass is 254 g/mol. The minimum absolute atomic E-state index is 0.00369. The van der Waals surface area contributed by atoms with Gasteiger partial charge >= 0.3 is 0 Å². The SMILES string of the molecule is CC1CCCN1Cc1ccc(Cl)c([N+](=O)[O-])c1. The Balaban J connectivity index is 2.16. The molecule has 92 valence electrons. The van der Waals surface area contributed by atoms with Gasteiger partial charge in [0.2, 0.25) is 0 Å². The standard InChI is InChI=1S/C12H15ClN2O2/c1-9-3-2-6-14(9)8-10-4-5-11(13)12(7-10)15(16)17/h4-5,7,9H,2-3,6,8H2,1H3. The summed E-state index contributed by atoms with van der Waals surface area (Å²) in [6, 6.07) is 5.61. The van der Waals surface area contributed by atoms with E-state index in [2.05, 4.69) is 11.8 Å². The van der Waals surface area contributed by atoms with Gasteiger partial charge in [-0.3, -0.25) is 15.0 Å². The molecule has 4 nitrogen and oxygen atoms in total. The van der Waals surface area contributed by atoms with E-state index in [9.17, 15) is 10.1 Å². The van der Waals surface area contributed by atoms with Crippen LogP contribution in [0.4, 0.5) is 5.69 Å². The highest BCUT2D eigenvalue weighted by Gasteiger charge is 2.21. The van der Waals surface area contributed by atoms with Crippen molar-refractivity contribution in [2.45, 2.75) is 32.4 Å². The van der Waals surface area contributed by atoms with Crippen LogP contribution >= 0.6 is 11.6 Å². The van der Waals surface area contributed by atoms with Gasteiger partial charge in [0.1, 0.15) is 5.02 Å². The van der Waals surface area contributed by atoms with E-state index in [-0.39, 0.29) is 10.7 Å². The van der Waals surface area contributed by atoms with Crippen LogP contribution in [0.2, 0.25) is 5.02 Å². The average molecular weight is 255 g/mol. The van der Waals surface area contributed by atoms with E-state index < -0.39 is 4.92 Å². The molecule has 0 N–H and O–H groups in total. The molecule has 1 aliphatic rings. The first kappa shape index (κ1) is 12.3. The van der Waals surface area contributed by atoms with Crippen molar-refractivity contribution >= 4 is 17.3 Å². The van der Waals surface area contributed by atoms with Crippen molar-refractivity contribution in [2.75, 3.05) is 6.54 Å². The molecule has 0 aliphatic carbocycles. The molecule has 1 atom stereocenters. The molecule has 0 bridgehead atoms. The summed E-state index contributed by atoms with van der Waals surface area (Å²) in [5.41, 5.74) is 0.950. The lowest BCUT2D eigenvalue weighted by Gasteiger charge is -2.20. The zero-order valence-corrected chi connectivity index (χ0v) is 10.5. The summed E-state index contributed by atoms with van der Waals surface area (Å²) < 4.78 is 0. The molecule has 1 saturated heterocycles. The number of halogens is 1. The Kier molecular flexibility index (Phi) is 3.64. The van der Waals surface area contributed by atoms with Crippen LogP contribution in [0.25, 0.3) is 0 Å². The van der Waals surface area contributed by atoms with Gasteiger partial charge in [0.25, 0.3) is 5.69 Å². The predicted molar refractivity (Wildman–Crippen MR) is 67.2 cm³/mol. The van der Waals surface area contributed by atoms with Crippen LogP contribution in [0.3, 0.4) is 0 Å².